The molecule has 1 aliphatic carbocycles. The predicted octanol–water partition coefficient (Wildman–Crippen LogP) is 2.59. The highest BCUT2D eigenvalue weighted by Crippen LogP contribution is 2.38. The summed E-state index contributed by atoms with van der Waals surface area (Å²) < 4.78 is 5.13. The fourth-order valence-corrected chi connectivity index (χ4v) is 4.44. The van der Waals surface area contributed by atoms with Crippen molar-refractivity contribution in [3.8, 4) is 0 Å². The van der Waals surface area contributed by atoms with Gasteiger partial charge in [0.25, 0.3) is 0 Å². The van der Waals surface area contributed by atoms with Crippen LogP contribution in [0.3, 0.4) is 0 Å². The molecule has 2 aromatic rings. The van der Waals surface area contributed by atoms with Gasteiger partial charge in [-0.15, -0.1) is 0 Å². The molecule has 1 saturated carbocycles. The molecule has 5 rings (SSSR count). The second-order valence-electron chi connectivity index (χ2n) is 8.62. The molecule has 3 heterocycles. The molecule has 1 unspecified atom stereocenters. The third-order valence-electron chi connectivity index (χ3n) is 6.38. The van der Waals surface area contributed by atoms with Crippen molar-refractivity contribution >= 4 is 23.3 Å². The molecule has 1 amide bonds. The quantitative estimate of drug-likeness (QED) is 0.698. The number of benzene rings is 1. The van der Waals surface area contributed by atoms with Crippen LogP contribution in [0.2, 0.25) is 0 Å². The summed E-state index contributed by atoms with van der Waals surface area (Å²) in [6.45, 7) is 3.34. The second kappa shape index (κ2) is 8.72. The lowest BCUT2D eigenvalue weighted by atomic mass is 9.95. The lowest BCUT2D eigenvalue weighted by Crippen LogP contribution is -2.48. The lowest BCUT2D eigenvalue weighted by Gasteiger charge is -2.34. The Kier molecular flexibility index (Phi) is 5.63. The van der Waals surface area contributed by atoms with Crippen LogP contribution < -0.4 is 5.01 Å². The van der Waals surface area contributed by atoms with Gasteiger partial charge in [-0.1, -0.05) is 18.2 Å². The molecule has 1 atom stereocenters. The van der Waals surface area contributed by atoms with Crippen LogP contribution in [0, 0.1) is 0 Å². The second-order valence-corrected chi connectivity index (χ2v) is 8.62. The number of nitrogens with one attached hydrogen (secondary N) is 1. The van der Waals surface area contributed by atoms with Crippen LogP contribution in [0.4, 0.5) is 5.69 Å². The number of carbonyl (C=O) groups is 2. The maximum atomic E-state index is 13.5. The van der Waals surface area contributed by atoms with E-state index in [2.05, 4.69) is 15.3 Å². The van der Waals surface area contributed by atoms with E-state index < -0.39 is 12.0 Å². The number of rotatable bonds is 6. The van der Waals surface area contributed by atoms with E-state index in [0.717, 1.165) is 30.2 Å². The largest absolute Gasteiger partial charge is 0.461 e. The van der Waals surface area contributed by atoms with Gasteiger partial charge in [0.15, 0.2) is 5.82 Å². The minimum atomic E-state index is -0.542. The number of H-pyrrole nitrogens is 1. The van der Waals surface area contributed by atoms with Gasteiger partial charge in [-0.25, -0.2) is 9.78 Å². The van der Waals surface area contributed by atoms with E-state index in [1.165, 1.54) is 12.8 Å². The fraction of sp³-hybridized carbons (Fsp3) is 0.522. The number of carbonyl (C=O) groups excluding carboxylic acids is 2. The number of para-hydroxylation sites is 1. The number of aromatic amines is 1. The van der Waals surface area contributed by atoms with E-state index in [4.69, 9.17) is 9.72 Å². The van der Waals surface area contributed by atoms with E-state index in [1.807, 2.05) is 35.2 Å². The van der Waals surface area contributed by atoms with Gasteiger partial charge < -0.3 is 9.64 Å². The molecule has 2 aliphatic heterocycles. The van der Waals surface area contributed by atoms with Gasteiger partial charge in [0, 0.05) is 31.3 Å². The Morgan fingerprint density at radius 2 is 1.84 bits per heavy atom. The van der Waals surface area contributed by atoms with Gasteiger partial charge in [-0.3, -0.25) is 14.9 Å². The smallest absolute Gasteiger partial charge is 0.354 e. The van der Waals surface area contributed by atoms with E-state index in [0.29, 0.717) is 30.6 Å². The zero-order valence-electron chi connectivity index (χ0n) is 18.2. The van der Waals surface area contributed by atoms with Gasteiger partial charge in [0.1, 0.15) is 17.6 Å². The Morgan fingerprint density at radius 1 is 1.09 bits per heavy atom. The summed E-state index contributed by atoms with van der Waals surface area (Å²) in [5.74, 6) is 2.23. The molecule has 0 spiro atoms. The van der Waals surface area contributed by atoms with Gasteiger partial charge in [-0.05, 0) is 44.7 Å². The van der Waals surface area contributed by atoms with E-state index in [9.17, 15) is 9.59 Å². The number of hydrazone groups is 1. The highest BCUT2D eigenvalue weighted by atomic mass is 16.5. The SMILES string of the molecule is CCOC(=O)C1=NN(c2ccccc2)C(C(=O)N2CCC(c3nc(C4CC4)n[nH]3)CC2)C1. The van der Waals surface area contributed by atoms with Crippen LogP contribution >= 0.6 is 0 Å². The maximum Gasteiger partial charge on any atom is 0.354 e. The number of amides is 1. The van der Waals surface area contributed by atoms with Crippen molar-refractivity contribution < 1.29 is 14.3 Å². The molecule has 9 nitrogen and oxygen atoms in total. The number of esters is 1. The molecule has 1 saturated heterocycles. The van der Waals surface area contributed by atoms with E-state index in [1.54, 1.807) is 11.9 Å². The Balaban J connectivity index is 1.26. The first kappa shape index (κ1) is 20.7. The van der Waals surface area contributed by atoms with Crippen molar-refractivity contribution in [1.29, 1.82) is 0 Å². The predicted molar refractivity (Wildman–Crippen MR) is 118 cm³/mol. The summed E-state index contributed by atoms with van der Waals surface area (Å²) in [6.07, 6.45) is 4.29. The Hall–Kier alpha value is -3.23. The highest BCUT2D eigenvalue weighted by molar-refractivity contribution is 6.38. The normalized spacial score (nSPS) is 21.5. The minimum absolute atomic E-state index is 0.00779. The molecule has 2 fully saturated rings. The molecular weight excluding hydrogens is 408 g/mol. The highest BCUT2D eigenvalue weighted by Gasteiger charge is 2.40. The Labute approximate surface area is 186 Å². The molecule has 1 aromatic carbocycles. The van der Waals surface area contributed by atoms with Gasteiger partial charge in [0.2, 0.25) is 5.91 Å². The topological polar surface area (TPSA) is 104 Å². The Morgan fingerprint density at radius 3 is 2.53 bits per heavy atom. The molecular formula is C23H28N6O3. The molecule has 9 heteroatoms. The summed E-state index contributed by atoms with van der Waals surface area (Å²) >= 11 is 0. The third kappa shape index (κ3) is 4.11. The van der Waals surface area contributed by atoms with Crippen LogP contribution in [0.5, 0.6) is 0 Å². The zero-order valence-corrected chi connectivity index (χ0v) is 18.2. The maximum absolute atomic E-state index is 13.5. The number of aromatic nitrogens is 3. The molecule has 0 bridgehead atoms. The summed E-state index contributed by atoms with van der Waals surface area (Å²) in [6, 6.07) is 8.95. The van der Waals surface area contributed by atoms with Crippen LogP contribution in [0.15, 0.2) is 35.4 Å². The average Bonchev–Trinajstić information content (AvgIpc) is 3.39. The molecule has 1 aromatic heterocycles. The van der Waals surface area contributed by atoms with Crippen LogP contribution in [0.1, 0.15) is 62.5 Å². The molecule has 32 heavy (non-hydrogen) atoms. The van der Waals surface area contributed by atoms with Gasteiger partial charge in [-0.2, -0.15) is 10.2 Å². The first-order valence-electron chi connectivity index (χ1n) is 11.4. The van der Waals surface area contributed by atoms with Crippen molar-refractivity contribution in [3.63, 3.8) is 0 Å². The van der Waals surface area contributed by atoms with Crippen molar-refractivity contribution in [2.24, 2.45) is 5.10 Å². The van der Waals surface area contributed by atoms with Crippen molar-refractivity contribution in [3.05, 3.63) is 42.0 Å². The monoisotopic (exact) mass is 436 g/mol. The molecule has 168 valence electrons. The van der Waals surface area contributed by atoms with Crippen LogP contribution in [0.25, 0.3) is 0 Å². The number of nitrogens with zero attached hydrogens (tertiary/aromatic N) is 5. The zero-order chi connectivity index (χ0) is 22.1. The summed E-state index contributed by atoms with van der Waals surface area (Å²) in [5.41, 5.74) is 1.08. The van der Waals surface area contributed by atoms with E-state index >= 15 is 0 Å². The summed E-state index contributed by atoms with van der Waals surface area (Å²) in [4.78, 5) is 32.4. The third-order valence-corrected chi connectivity index (χ3v) is 6.38. The first-order valence-corrected chi connectivity index (χ1v) is 11.4. The fourth-order valence-electron chi connectivity index (χ4n) is 4.44. The number of piperidine rings is 1. The Bertz CT molecular complexity index is 1010. The van der Waals surface area contributed by atoms with E-state index in [-0.39, 0.29) is 18.9 Å². The van der Waals surface area contributed by atoms with Crippen molar-refractivity contribution in [2.45, 2.75) is 56.9 Å². The average molecular weight is 437 g/mol. The number of hydrogen-bond acceptors (Lipinski definition) is 7. The van der Waals surface area contributed by atoms with Crippen molar-refractivity contribution in [1.82, 2.24) is 20.1 Å². The van der Waals surface area contributed by atoms with Gasteiger partial charge >= 0.3 is 5.97 Å². The van der Waals surface area contributed by atoms with Crippen LogP contribution in [-0.4, -0.2) is 63.4 Å². The number of anilines is 1. The summed E-state index contributed by atoms with van der Waals surface area (Å²) in [5, 5.41) is 13.6. The van der Waals surface area contributed by atoms with Crippen LogP contribution in [-0.2, 0) is 14.3 Å². The summed E-state index contributed by atoms with van der Waals surface area (Å²) in [7, 11) is 0. The van der Waals surface area contributed by atoms with Gasteiger partial charge in [0.05, 0.1) is 12.3 Å². The molecule has 0 radical (unpaired) electrons. The molecule has 1 N–H and O–H groups in total. The van der Waals surface area contributed by atoms with Crippen molar-refractivity contribution in [2.75, 3.05) is 24.7 Å². The number of hydrogen-bond donors (Lipinski definition) is 1. The number of ether oxygens (including phenoxy) is 1. The lowest BCUT2D eigenvalue weighted by molar-refractivity contribution is -0.135. The molecule has 3 aliphatic rings. The first-order chi connectivity index (χ1) is 15.6. The standard InChI is InChI=1S/C23H28N6O3/c1-2-32-23(31)18-14-19(29(27-18)17-6-4-3-5-7-17)22(30)28-12-10-16(11-13-28)21-24-20(25-26-21)15-8-9-15/h3-7,15-16,19H,2,8-14H2,1H3,(H,24,25,26). The number of likely N-dealkylation sites (tertiary alicyclic amines) is 1. The minimum Gasteiger partial charge on any atom is -0.461 e.